The summed E-state index contributed by atoms with van der Waals surface area (Å²) in [5.41, 5.74) is 1.00. The zero-order chi connectivity index (χ0) is 20.5. The summed E-state index contributed by atoms with van der Waals surface area (Å²) < 4.78 is 12.8. The lowest BCUT2D eigenvalue weighted by molar-refractivity contribution is 0.394. The second-order valence-electron chi connectivity index (χ2n) is 6.64. The summed E-state index contributed by atoms with van der Waals surface area (Å²) in [5, 5.41) is 15.1. The van der Waals surface area contributed by atoms with E-state index in [1.807, 2.05) is 36.7 Å². The average molecular weight is 516 g/mol. The summed E-state index contributed by atoms with van der Waals surface area (Å²) in [6.07, 6.45) is 2.18. The zero-order valence-corrected chi connectivity index (χ0v) is 20.5. The maximum absolute atomic E-state index is 5.52. The van der Waals surface area contributed by atoms with Gasteiger partial charge in [-0.15, -0.1) is 34.2 Å². The number of benzene rings is 1. The Hall–Kier alpha value is -2.04. The molecule has 2 rings (SSSR count). The Bertz CT molecular complexity index is 793. The molecular formula is C20H33IN6O2. The molecule has 1 heterocycles. The Morgan fingerprint density at radius 3 is 2.59 bits per heavy atom. The summed E-state index contributed by atoms with van der Waals surface area (Å²) in [7, 11) is 5.27. The van der Waals surface area contributed by atoms with Crippen LogP contribution in [0.5, 0.6) is 11.5 Å². The molecule has 0 amide bonds. The lowest BCUT2D eigenvalue weighted by Crippen LogP contribution is -2.39. The van der Waals surface area contributed by atoms with Crippen LogP contribution in [0.1, 0.15) is 49.9 Å². The number of nitrogens with zero attached hydrogens (tertiary/aromatic N) is 4. The van der Waals surface area contributed by atoms with Gasteiger partial charge in [-0.05, 0) is 38.5 Å². The Kier molecular flexibility index (Phi) is 10.8. The fourth-order valence-electron chi connectivity index (χ4n) is 2.74. The molecule has 1 unspecified atom stereocenters. The molecule has 162 valence electrons. The van der Waals surface area contributed by atoms with Gasteiger partial charge in [-0.2, -0.15) is 0 Å². The predicted molar refractivity (Wildman–Crippen MR) is 126 cm³/mol. The molecular weight excluding hydrogens is 483 g/mol. The van der Waals surface area contributed by atoms with Crippen LogP contribution in [0.25, 0.3) is 0 Å². The third kappa shape index (κ3) is 7.06. The summed E-state index contributed by atoms with van der Waals surface area (Å²) >= 11 is 0. The second-order valence-corrected chi connectivity index (χ2v) is 6.64. The van der Waals surface area contributed by atoms with Gasteiger partial charge in [0.05, 0.1) is 20.3 Å². The summed E-state index contributed by atoms with van der Waals surface area (Å²) in [6.45, 7) is 7.46. The lowest BCUT2D eigenvalue weighted by atomic mass is 10.1. The van der Waals surface area contributed by atoms with Crippen LogP contribution in [0.4, 0.5) is 0 Å². The van der Waals surface area contributed by atoms with E-state index in [4.69, 9.17) is 14.5 Å². The van der Waals surface area contributed by atoms with Crippen LogP contribution in [0, 0.1) is 6.92 Å². The first kappa shape index (κ1) is 25.0. The Morgan fingerprint density at radius 2 is 2.00 bits per heavy atom. The van der Waals surface area contributed by atoms with Gasteiger partial charge < -0.3 is 24.7 Å². The number of aromatic nitrogens is 3. The number of unbranched alkanes of at least 4 members (excludes halogenated alkanes) is 1. The Labute approximate surface area is 190 Å². The van der Waals surface area contributed by atoms with Crippen LogP contribution in [-0.4, -0.2) is 41.5 Å². The third-order valence-corrected chi connectivity index (χ3v) is 4.64. The molecule has 0 spiro atoms. The number of aryl methyl sites for hydroxylation is 1. The van der Waals surface area contributed by atoms with Crippen molar-refractivity contribution in [2.75, 3.05) is 20.8 Å². The molecule has 9 heteroatoms. The monoisotopic (exact) mass is 516 g/mol. The highest BCUT2D eigenvalue weighted by atomic mass is 127. The molecule has 8 nitrogen and oxygen atoms in total. The van der Waals surface area contributed by atoms with E-state index in [0.717, 1.165) is 54.1 Å². The number of methoxy groups -OCH3 is 2. The first-order chi connectivity index (χ1) is 13.5. The first-order valence-electron chi connectivity index (χ1n) is 9.61. The molecule has 0 bridgehead atoms. The van der Waals surface area contributed by atoms with E-state index in [0.29, 0.717) is 6.54 Å². The second kappa shape index (κ2) is 12.5. The molecule has 29 heavy (non-hydrogen) atoms. The van der Waals surface area contributed by atoms with Crippen LogP contribution >= 0.6 is 24.0 Å². The van der Waals surface area contributed by atoms with Gasteiger partial charge in [-0.3, -0.25) is 0 Å². The minimum atomic E-state index is -0.0286. The van der Waals surface area contributed by atoms with Gasteiger partial charge in [0.2, 0.25) is 0 Å². The van der Waals surface area contributed by atoms with Crippen molar-refractivity contribution in [3.8, 4) is 11.5 Å². The van der Waals surface area contributed by atoms with Crippen molar-refractivity contribution in [2.45, 2.75) is 46.2 Å². The highest BCUT2D eigenvalue weighted by Crippen LogP contribution is 2.29. The third-order valence-electron chi connectivity index (χ3n) is 4.64. The van der Waals surface area contributed by atoms with Crippen molar-refractivity contribution in [3.63, 3.8) is 0 Å². The zero-order valence-electron chi connectivity index (χ0n) is 18.2. The SMILES string of the molecule is CCCCNC(=NCc1nnc(C)n1C)NC(C)c1cc(OC)ccc1OC.I. The molecule has 0 aliphatic heterocycles. The van der Waals surface area contributed by atoms with Crippen LogP contribution in [0.15, 0.2) is 23.2 Å². The number of halogens is 1. The fourth-order valence-corrected chi connectivity index (χ4v) is 2.74. The standard InChI is InChI=1S/C20H32N6O2.HI/c1-7-8-11-21-20(22-13-19-25-24-15(3)26(19)4)23-14(2)17-12-16(27-5)9-10-18(17)28-6;/h9-10,12,14H,7-8,11,13H2,1-6H3,(H2,21,22,23);1H. The maximum Gasteiger partial charge on any atom is 0.192 e. The van der Waals surface area contributed by atoms with Gasteiger partial charge in [-0.25, -0.2) is 4.99 Å². The van der Waals surface area contributed by atoms with E-state index in [2.05, 4.69) is 34.7 Å². The number of rotatable bonds is 9. The largest absolute Gasteiger partial charge is 0.497 e. The summed E-state index contributed by atoms with van der Waals surface area (Å²) in [4.78, 5) is 4.70. The number of ether oxygens (including phenoxy) is 2. The number of hydrogen-bond donors (Lipinski definition) is 2. The molecule has 1 atom stereocenters. The lowest BCUT2D eigenvalue weighted by Gasteiger charge is -2.21. The molecule has 1 aromatic carbocycles. The number of hydrogen-bond acceptors (Lipinski definition) is 5. The van der Waals surface area contributed by atoms with E-state index in [-0.39, 0.29) is 30.0 Å². The molecule has 0 fully saturated rings. The molecule has 0 radical (unpaired) electrons. The van der Waals surface area contributed by atoms with Crippen molar-refractivity contribution < 1.29 is 9.47 Å². The van der Waals surface area contributed by atoms with Crippen LogP contribution in [-0.2, 0) is 13.6 Å². The minimum Gasteiger partial charge on any atom is -0.497 e. The van der Waals surface area contributed by atoms with Gasteiger partial charge in [0.1, 0.15) is 23.9 Å². The number of nitrogens with one attached hydrogen (secondary N) is 2. The van der Waals surface area contributed by atoms with Gasteiger partial charge in [0.25, 0.3) is 0 Å². The predicted octanol–water partition coefficient (Wildman–Crippen LogP) is 3.36. The fraction of sp³-hybridized carbons (Fsp3) is 0.550. The van der Waals surface area contributed by atoms with Crippen molar-refractivity contribution in [2.24, 2.45) is 12.0 Å². The smallest absolute Gasteiger partial charge is 0.192 e. The van der Waals surface area contributed by atoms with E-state index < -0.39 is 0 Å². The number of aliphatic imine (C=N–C) groups is 1. The van der Waals surface area contributed by atoms with E-state index in [9.17, 15) is 0 Å². The van der Waals surface area contributed by atoms with Crippen molar-refractivity contribution >= 4 is 29.9 Å². The highest BCUT2D eigenvalue weighted by Gasteiger charge is 2.15. The van der Waals surface area contributed by atoms with Crippen LogP contribution < -0.4 is 20.1 Å². The minimum absolute atomic E-state index is 0. The molecule has 0 aliphatic rings. The van der Waals surface area contributed by atoms with E-state index in [1.165, 1.54) is 0 Å². The summed E-state index contributed by atoms with van der Waals surface area (Å²) in [5.74, 6) is 4.01. The first-order valence-corrected chi connectivity index (χ1v) is 9.61. The van der Waals surface area contributed by atoms with Gasteiger partial charge >= 0.3 is 0 Å². The van der Waals surface area contributed by atoms with E-state index in [1.54, 1.807) is 14.2 Å². The molecule has 0 saturated carbocycles. The molecule has 0 aliphatic carbocycles. The van der Waals surface area contributed by atoms with Gasteiger partial charge in [0.15, 0.2) is 11.8 Å². The Balaban J connectivity index is 0.00000420. The number of guanidine groups is 1. The van der Waals surface area contributed by atoms with E-state index >= 15 is 0 Å². The highest BCUT2D eigenvalue weighted by molar-refractivity contribution is 14.0. The average Bonchev–Trinajstić information content (AvgIpc) is 3.03. The van der Waals surface area contributed by atoms with Crippen molar-refractivity contribution in [3.05, 3.63) is 35.4 Å². The maximum atomic E-state index is 5.52. The molecule has 2 aromatic rings. The normalized spacial score (nSPS) is 12.1. The van der Waals surface area contributed by atoms with Crippen LogP contribution in [0.2, 0.25) is 0 Å². The van der Waals surface area contributed by atoms with Crippen molar-refractivity contribution in [1.29, 1.82) is 0 Å². The topological polar surface area (TPSA) is 85.6 Å². The Morgan fingerprint density at radius 1 is 1.24 bits per heavy atom. The summed E-state index contributed by atoms with van der Waals surface area (Å²) in [6, 6.07) is 5.75. The van der Waals surface area contributed by atoms with Gasteiger partial charge in [-0.1, -0.05) is 13.3 Å². The molecule has 0 saturated heterocycles. The molecule has 1 aromatic heterocycles. The van der Waals surface area contributed by atoms with Gasteiger partial charge in [0, 0.05) is 19.2 Å². The molecule has 2 N–H and O–H groups in total. The van der Waals surface area contributed by atoms with Crippen LogP contribution in [0.3, 0.4) is 0 Å². The quantitative estimate of drug-likeness (QED) is 0.230. The van der Waals surface area contributed by atoms with Crippen molar-refractivity contribution in [1.82, 2.24) is 25.4 Å².